The molecule has 3 aromatic rings. The first-order valence-electron chi connectivity index (χ1n) is 7.90. The molecule has 27 heavy (non-hydrogen) atoms. The van der Waals surface area contributed by atoms with Gasteiger partial charge in [-0.25, -0.2) is 19.2 Å². The lowest BCUT2D eigenvalue weighted by Crippen LogP contribution is -2.15. The lowest BCUT2D eigenvalue weighted by molar-refractivity contribution is 0.0600. The Morgan fingerprint density at radius 2 is 1.81 bits per heavy atom. The van der Waals surface area contributed by atoms with Crippen LogP contribution in [-0.4, -0.2) is 29.0 Å². The number of rotatable bonds is 5. The number of amides is 1. The van der Waals surface area contributed by atoms with E-state index in [-0.39, 0.29) is 11.6 Å². The second-order valence-corrected chi connectivity index (χ2v) is 5.43. The number of carbonyl (C=O) groups excluding carboxylic acids is 2. The highest BCUT2D eigenvalue weighted by atomic mass is 19.1. The van der Waals surface area contributed by atoms with Crippen LogP contribution in [0.1, 0.15) is 20.8 Å². The van der Waals surface area contributed by atoms with Crippen LogP contribution in [-0.2, 0) is 4.74 Å². The molecule has 1 heterocycles. The van der Waals surface area contributed by atoms with Crippen LogP contribution < -0.4 is 10.6 Å². The molecular formula is C19H15FN4O3. The van der Waals surface area contributed by atoms with E-state index in [1.807, 2.05) is 0 Å². The highest BCUT2D eigenvalue weighted by molar-refractivity contribution is 6.03. The maximum atomic E-state index is 13.3. The van der Waals surface area contributed by atoms with Crippen LogP contribution in [0.5, 0.6) is 0 Å². The van der Waals surface area contributed by atoms with Gasteiger partial charge in [-0.1, -0.05) is 12.1 Å². The lowest BCUT2D eigenvalue weighted by Gasteiger charge is -2.08. The largest absolute Gasteiger partial charge is 0.465 e. The van der Waals surface area contributed by atoms with E-state index in [1.54, 1.807) is 30.3 Å². The number of anilines is 3. The van der Waals surface area contributed by atoms with Gasteiger partial charge in [0.1, 0.15) is 11.5 Å². The second kappa shape index (κ2) is 8.05. The van der Waals surface area contributed by atoms with Crippen molar-refractivity contribution in [3.05, 3.63) is 77.9 Å². The van der Waals surface area contributed by atoms with Crippen LogP contribution >= 0.6 is 0 Å². The molecule has 136 valence electrons. The first-order chi connectivity index (χ1) is 13.0. The number of ether oxygens (including phenoxy) is 1. The van der Waals surface area contributed by atoms with Crippen molar-refractivity contribution >= 4 is 29.2 Å². The molecule has 1 aromatic heterocycles. The first-order valence-corrected chi connectivity index (χ1v) is 7.90. The lowest BCUT2D eigenvalue weighted by atomic mass is 10.2. The van der Waals surface area contributed by atoms with Crippen molar-refractivity contribution in [1.29, 1.82) is 0 Å². The summed E-state index contributed by atoms with van der Waals surface area (Å²) in [6.07, 6.45) is 1.41. The molecule has 0 fully saturated rings. The number of halogens is 1. The average Bonchev–Trinajstić information content (AvgIpc) is 2.68. The zero-order valence-corrected chi connectivity index (χ0v) is 14.3. The van der Waals surface area contributed by atoms with Gasteiger partial charge >= 0.3 is 5.97 Å². The van der Waals surface area contributed by atoms with Gasteiger partial charge in [0.2, 0.25) is 5.95 Å². The highest BCUT2D eigenvalue weighted by Crippen LogP contribution is 2.15. The number of carbonyl (C=O) groups is 2. The Balaban J connectivity index is 1.75. The Morgan fingerprint density at radius 1 is 1.04 bits per heavy atom. The van der Waals surface area contributed by atoms with E-state index in [4.69, 9.17) is 0 Å². The van der Waals surface area contributed by atoms with Crippen molar-refractivity contribution in [2.24, 2.45) is 0 Å². The molecule has 0 saturated carbocycles. The third kappa shape index (κ3) is 4.63. The fourth-order valence-electron chi connectivity index (χ4n) is 2.28. The quantitative estimate of drug-likeness (QED) is 0.672. The number of hydrogen-bond donors (Lipinski definition) is 2. The maximum absolute atomic E-state index is 13.3. The SMILES string of the molecule is COC(=O)c1cccc(NC(=O)c2ccnc(Nc3cccc(F)c3)n2)c1. The average molecular weight is 366 g/mol. The van der Waals surface area contributed by atoms with Gasteiger partial charge < -0.3 is 15.4 Å². The molecule has 7 nitrogen and oxygen atoms in total. The summed E-state index contributed by atoms with van der Waals surface area (Å²) in [6.45, 7) is 0. The van der Waals surface area contributed by atoms with Gasteiger partial charge in [0.15, 0.2) is 0 Å². The van der Waals surface area contributed by atoms with E-state index >= 15 is 0 Å². The molecule has 0 aliphatic rings. The monoisotopic (exact) mass is 366 g/mol. The first kappa shape index (κ1) is 18.0. The topological polar surface area (TPSA) is 93.2 Å². The van der Waals surface area contributed by atoms with Crippen LogP contribution in [0.3, 0.4) is 0 Å². The third-order valence-electron chi connectivity index (χ3n) is 3.51. The number of nitrogens with one attached hydrogen (secondary N) is 2. The molecule has 0 atom stereocenters. The molecule has 0 aliphatic carbocycles. The minimum absolute atomic E-state index is 0.104. The van der Waals surface area contributed by atoms with E-state index in [9.17, 15) is 14.0 Å². The molecule has 0 saturated heterocycles. The van der Waals surface area contributed by atoms with Crippen LogP contribution in [0.4, 0.5) is 21.7 Å². The van der Waals surface area contributed by atoms with Gasteiger partial charge in [-0.15, -0.1) is 0 Å². The summed E-state index contributed by atoms with van der Waals surface area (Å²) in [4.78, 5) is 32.1. The number of nitrogens with zero attached hydrogens (tertiary/aromatic N) is 2. The maximum Gasteiger partial charge on any atom is 0.337 e. The summed E-state index contributed by atoms with van der Waals surface area (Å²) in [6, 6.07) is 13.6. The zero-order chi connectivity index (χ0) is 19.2. The fraction of sp³-hybridized carbons (Fsp3) is 0.0526. The third-order valence-corrected chi connectivity index (χ3v) is 3.51. The highest BCUT2D eigenvalue weighted by Gasteiger charge is 2.11. The Morgan fingerprint density at radius 3 is 2.59 bits per heavy atom. The normalized spacial score (nSPS) is 10.1. The van der Waals surface area contributed by atoms with Crippen molar-refractivity contribution in [2.75, 3.05) is 17.7 Å². The summed E-state index contributed by atoms with van der Waals surface area (Å²) in [7, 11) is 1.28. The fourth-order valence-corrected chi connectivity index (χ4v) is 2.28. The molecule has 0 spiro atoms. The molecule has 2 N–H and O–H groups in total. The molecule has 3 rings (SSSR count). The van der Waals surface area contributed by atoms with Gasteiger partial charge in [-0.05, 0) is 42.5 Å². The van der Waals surface area contributed by atoms with E-state index < -0.39 is 17.7 Å². The van der Waals surface area contributed by atoms with Gasteiger partial charge in [0.25, 0.3) is 5.91 Å². The van der Waals surface area contributed by atoms with E-state index in [2.05, 4.69) is 25.3 Å². The van der Waals surface area contributed by atoms with Gasteiger partial charge in [-0.2, -0.15) is 0 Å². The van der Waals surface area contributed by atoms with Gasteiger partial charge in [0.05, 0.1) is 12.7 Å². The number of methoxy groups -OCH3 is 1. The standard InChI is InChI=1S/C19H15FN4O3/c1-27-18(26)12-4-2-6-14(10-12)22-17(25)16-8-9-21-19(24-16)23-15-7-3-5-13(20)11-15/h2-11H,1H3,(H,22,25)(H,21,23,24). The van der Waals surface area contributed by atoms with Crippen molar-refractivity contribution in [1.82, 2.24) is 9.97 Å². The number of benzene rings is 2. The summed E-state index contributed by atoms with van der Waals surface area (Å²) in [5.41, 5.74) is 1.29. The Hall–Kier alpha value is -3.81. The van der Waals surface area contributed by atoms with Crippen LogP contribution in [0, 0.1) is 5.82 Å². The predicted molar refractivity (Wildman–Crippen MR) is 97.4 cm³/mol. The molecule has 2 aromatic carbocycles. The molecule has 0 aliphatic heterocycles. The molecule has 0 radical (unpaired) electrons. The van der Waals surface area contributed by atoms with Gasteiger partial charge in [0, 0.05) is 17.6 Å². The molecule has 0 unspecified atom stereocenters. The summed E-state index contributed by atoms with van der Waals surface area (Å²) < 4.78 is 17.9. The summed E-state index contributed by atoms with van der Waals surface area (Å²) in [5, 5.41) is 5.49. The van der Waals surface area contributed by atoms with Crippen molar-refractivity contribution in [2.45, 2.75) is 0 Å². The van der Waals surface area contributed by atoms with E-state index in [0.29, 0.717) is 16.9 Å². The molecule has 8 heteroatoms. The van der Waals surface area contributed by atoms with Crippen molar-refractivity contribution in [3.63, 3.8) is 0 Å². The summed E-state index contributed by atoms with van der Waals surface area (Å²) in [5.74, 6) is -1.24. The Kier molecular flexibility index (Phi) is 5.36. The second-order valence-electron chi connectivity index (χ2n) is 5.43. The Bertz CT molecular complexity index is 994. The number of esters is 1. The van der Waals surface area contributed by atoms with Crippen LogP contribution in [0.15, 0.2) is 60.8 Å². The smallest absolute Gasteiger partial charge is 0.337 e. The predicted octanol–water partition coefficient (Wildman–Crippen LogP) is 3.40. The van der Waals surface area contributed by atoms with Gasteiger partial charge in [-0.3, -0.25) is 4.79 Å². The van der Waals surface area contributed by atoms with Crippen molar-refractivity contribution < 1.29 is 18.7 Å². The van der Waals surface area contributed by atoms with E-state index in [0.717, 1.165) is 0 Å². The van der Waals surface area contributed by atoms with Crippen molar-refractivity contribution in [3.8, 4) is 0 Å². The molecular weight excluding hydrogens is 351 g/mol. The zero-order valence-electron chi connectivity index (χ0n) is 14.3. The Labute approximate surface area is 154 Å². The van der Waals surface area contributed by atoms with Crippen LogP contribution in [0.25, 0.3) is 0 Å². The van der Waals surface area contributed by atoms with Crippen LogP contribution in [0.2, 0.25) is 0 Å². The minimum Gasteiger partial charge on any atom is -0.465 e. The molecule has 0 bridgehead atoms. The number of aromatic nitrogens is 2. The molecule has 1 amide bonds. The van der Waals surface area contributed by atoms with E-state index in [1.165, 1.54) is 37.6 Å². The minimum atomic E-state index is -0.505. The summed E-state index contributed by atoms with van der Waals surface area (Å²) >= 11 is 0. The number of hydrogen-bond acceptors (Lipinski definition) is 6.